The molecule has 0 unspecified atom stereocenters. The van der Waals surface area contributed by atoms with Crippen molar-refractivity contribution in [3.63, 3.8) is 0 Å². The minimum atomic E-state index is 0.372. The first kappa shape index (κ1) is 11.5. The molecule has 16 heavy (non-hydrogen) atoms. The van der Waals surface area contributed by atoms with E-state index < -0.39 is 0 Å². The first-order chi connectivity index (χ1) is 7.70. The molecule has 1 N–H and O–H groups in total. The molecule has 0 amide bonds. The number of nitrogens with one attached hydrogen (secondary N) is 1. The van der Waals surface area contributed by atoms with Gasteiger partial charge in [0.25, 0.3) is 0 Å². The lowest BCUT2D eigenvalue weighted by molar-refractivity contribution is 0.0239. The summed E-state index contributed by atoms with van der Waals surface area (Å²) in [6.45, 7) is 5.90. The van der Waals surface area contributed by atoms with E-state index in [9.17, 15) is 0 Å². The van der Waals surface area contributed by atoms with Gasteiger partial charge < -0.3 is 14.6 Å². The van der Waals surface area contributed by atoms with Crippen LogP contribution in [0.5, 0.6) is 0 Å². The van der Waals surface area contributed by atoms with Gasteiger partial charge in [-0.3, -0.25) is 0 Å². The second-order valence-electron chi connectivity index (χ2n) is 4.88. The van der Waals surface area contributed by atoms with Crippen LogP contribution in [0.4, 0.5) is 0 Å². The van der Waals surface area contributed by atoms with E-state index in [4.69, 9.17) is 4.74 Å². The molecule has 5 heteroatoms. The predicted molar refractivity (Wildman–Crippen MR) is 60.9 cm³/mol. The number of aryl methyl sites for hydroxylation is 1. The van der Waals surface area contributed by atoms with Crippen LogP contribution in [-0.4, -0.2) is 34.5 Å². The van der Waals surface area contributed by atoms with E-state index in [2.05, 4.69) is 22.4 Å². The first-order valence-corrected chi connectivity index (χ1v) is 5.81. The molecular formula is C11H20N4O. The van der Waals surface area contributed by atoms with Crippen LogP contribution < -0.4 is 5.32 Å². The number of nitrogens with zero attached hydrogens (tertiary/aromatic N) is 3. The average molecular weight is 224 g/mol. The van der Waals surface area contributed by atoms with E-state index in [1.54, 1.807) is 6.33 Å². The summed E-state index contributed by atoms with van der Waals surface area (Å²) in [6.07, 6.45) is 4.00. The highest BCUT2D eigenvalue weighted by atomic mass is 16.5. The van der Waals surface area contributed by atoms with Gasteiger partial charge in [-0.25, -0.2) is 0 Å². The van der Waals surface area contributed by atoms with Gasteiger partial charge in [0.1, 0.15) is 12.2 Å². The summed E-state index contributed by atoms with van der Waals surface area (Å²) in [5.41, 5.74) is 0.372. The fourth-order valence-corrected chi connectivity index (χ4v) is 1.98. The Kier molecular flexibility index (Phi) is 3.56. The fourth-order valence-electron chi connectivity index (χ4n) is 1.98. The van der Waals surface area contributed by atoms with Gasteiger partial charge in [0.05, 0.1) is 6.54 Å². The summed E-state index contributed by atoms with van der Waals surface area (Å²) in [5, 5.41) is 11.4. The van der Waals surface area contributed by atoms with Gasteiger partial charge in [-0.05, 0) is 18.3 Å². The van der Waals surface area contributed by atoms with Gasteiger partial charge in [-0.15, -0.1) is 10.2 Å². The van der Waals surface area contributed by atoms with Crippen LogP contribution in [0, 0.1) is 5.41 Å². The van der Waals surface area contributed by atoms with Crippen molar-refractivity contribution in [3.05, 3.63) is 12.2 Å². The van der Waals surface area contributed by atoms with Crippen molar-refractivity contribution in [2.75, 3.05) is 19.8 Å². The molecule has 2 rings (SSSR count). The number of aromatic nitrogens is 3. The molecule has 0 radical (unpaired) electrons. The lowest BCUT2D eigenvalue weighted by atomic mass is 9.82. The number of ether oxygens (including phenoxy) is 1. The van der Waals surface area contributed by atoms with E-state index in [1.165, 1.54) is 0 Å². The maximum atomic E-state index is 5.38. The van der Waals surface area contributed by atoms with E-state index in [-0.39, 0.29) is 0 Å². The Bertz CT molecular complexity index is 330. The van der Waals surface area contributed by atoms with Crippen molar-refractivity contribution in [3.8, 4) is 0 Å². The molecule has 1 fully saturated rings. The summed E-state index contributed by atoms with van der Waals surface area (Å²) >= 11 is 0. The minimum absolute atomic E-state index is 0.372. The Labute approximate surface area is 96.2 Å². The Balaban J connectivity index is 1.77. The van der Waals surface area contributed by atoms with Crippen LogP contribution >= 0.6 is 0 Å². The highest BCUT2D eigenvalue weighted by Gasteiger charge is 2.26. The topological polar surface area (TPSA) is 52.0 Å². The molecule has 0 bridgehead atoms. The van der Waals surface area contributed by atoms with E-state index in [0.717, 1.165) is 45.0 Å². The molecular weight excluding hydrogens is 204 g/mol. The summed E-state index contributed by atoms with van der Waals surface area (Å²) in [7, 11) is 1.97. The zero-order valence-electron chi connectivity index (χ0n) is 10.1. The van der Waals surface area contributed by atoms with Gasteiger partial charge in [-0.2, -0.15) is 0 Å². The lowest BCUT2D eigenvalue weighted by Crippen LogP contribution is -2.36. The van der Waals surface area contributed by atoms with Crippen LogP contribution in [0.3, 0.4) is 0 Å². The fraction of sp³-hybridized carbons (Fsp3) is 0.818. The van der Waals surface area contributed by atoms with Crippen LogP contribution in [0.15, 0.2) is 6.33 Å². The molecule has 0 saturated carbocycles. The molecule has 90 valence electrons. The van der Waals surface area contributed by atoms with Crippen molar-refractivity contribution < 1.29 is 4.74 Å². The Hall–Kier alpha value is -0.940. The van der Waals surface area contributed by atoms with Gasteiger partial charge >= 0.3 is 0 Å². The molecule has 1 aliphatic heterocycles. The van der Waals surface area contributed by atoms with Crippen molar-refractivity contribution >= 4 is 0 Å². The number of hydrogen-bond donors (Lipinski definition) is 1. The van der Waals surface area contributed by atoms with E-state index in [1.807, 2.05) is 11.6 Å². The molecule has 2 heterocycles. The quantitative estimate of drug-likeness (QED) is 0.819. The second-order valence-corrected chi connectivity index (χ2v) is 4.88. The highest BCUT2D eigenvalue weighted by molar-refractivity contribution is 4.85. The largest absolute Gasteiger partial charge is 0.381 e. The predicted octanol–water partition coefficient (Wildman–Crippen LogP) is 0.721. The molecule has 1 aromatic rings. The average Bonchev–Trinajstić information content (AvgIpc) is 2.65. The highest BCUT2D eigenvalue weighted by Crippen LogP contribution is 2.28. The van der Waals surface area contributed by atoms with Gasteiger partial charge in [0.15, 0.2) is 0 Å². The lowest BCUT2D eigenvalue weighted by Gasteiger charge is -2.33. The molecule has 1 aliphatic rings. The second kappa shape index (κ2) is 4.93. The first-order valence-electron chi connectivity index (χ1n) is 5.81. The summed E-state index contributed by atoms with van der Waals surface area (Å²) in [5.74, 6) is 0.982. The SMILES string of the molecule is Cn1cnnc1CNCC1(C)CCOCC1. The molecule has 5 nitrogen and oxygen atoms in total. The summed E-state index contributed by atoms with van der Waals surface area (Å²) in [4.78, 5) is 0. The Morgan fingerprint density at radius 3 is 2.88 bits per heavy atom. The minimum Gasteiger partial charge on any atom is -0.381 e. The molecule has 1 saturated heterocycles. The number of rotatable bonds is 4. The number of hydrogen-bond acceptors (Lipinski definition) is 4. The van der Waals surface area contributed by atoms with Gasteiger partial charge in [-0.1, -0.05) is 6.92 Å². The molecule has 0 atom stereocenters. The molecule has 0 aromatic carbocycles. The monoisotopic (exact) mass is 224 g/mol. The van der Waals surface area contributed by atoms with Crippen molar-refractivity contribution in [1.29, 1.82) is 0 Å². The van der Waals surface area contributed by atoms with Crippen molar-refractivity contribution in [1.82, 2.24) is 20.1 Å². The maximum absolute atomic E-state index is 5.38. The normalized spacial score (nSPS) is 19.9. The third kappa shape index (κ3) is 2.80. The third-order valence-electron chi connectivity index (χ3n) is 3.34. The van der Waals surface area contributed by atoms with Crippen LogP contribution in [0.25, 0.3) is 0 Å². The van der Waals surface area contributed by atoms with Crippen molar-refractivity contribution in [2.45, 2.75) is 26.3 Å². The van der Waals surface area contributed by atoms with Crippen LogP contribution in [0.2, 0.25) is 0 Å². The Morgan fingerprint density at radius 2 is 2.25 bits per heavy atom. The molecule has 0 aliphatic carbocycles. The summed E-state index contributed by atoms with van der Waals surface area (Å²) < 4.78 is 7.33. The van der Waals surface area contributed by atoms with Gasteiger partial charge in [0, 0.05) is 26.8 Å². The standard InChI is InChI=1S/C11H20N4O/c1-11(3-5-16-6-4-11)8-12-7-10-14-13-9-15(10)2/h9,12H,3-8H2,1-2H3. The van der Waals surface area contributed by atoms with Crippen molar-refractivity contribution in [2.24, 2.45) is 12.5 Å². The molecule has 1 aromatic heterocycles. The van der Waals surface area contributed by atoms with E-state index in [0.29, 0.717) is 5.41 Å². The third-order valence-corrected chi connectivity index (χ3v) is 3.34. The zero-order valence-corrected chi connectivity index (χ0v) is 10.1. The molecule has 0 spiro atoms. The zero-order chi connectivity index (χ0) is 11.4. The van der Waals surface area contributed by atoms with Crippen LogP contribution in [0.1, 0.15) is 25.6 Å². The maximum Gasteiger partial charge on any atom is 0.146 e. The van der Waals surface area contributed by atoms with Crippen LogP contribution in [-0.2, 0) is 18.3 Å². The van der Waals surface area contributed by atoms with Gasteiger partial charge in [0.2, 0.25) is 0 Å². The summed E-state index contributed by atoms with van der Waals surface area (Å²) in [6, 6.07) is 0. The van der Waals surface area contributed by atoms with E-state index >= 15 is 0 Å². The smallest absolute Gasteiger partial charge is 0.146 e. The Morgan fingerprint density at radius 1 is 1.50 bits per heavy atom.